The minimum absolute atomic E-state index is 0.201. The third kappa shape index (κ3) is 4.07. The second-order valence-electron chi connectivity index (χ2n) is 3.89. The maximum Gasteiger partial charge on any atom is 0.310 e. The molecule has 1 aromatic rings. The molecular formula is C13H16O4. The first kappa shape index (κ1) is 11.9. The highest BCUT2D eigenvalue weighted by atomic mass is 16.6. The molecule has 0 spiro atoms. The number of ether oxygens (including phenoxy) is 3. The quantitative estimate of drug-likeness (QED) is 0.555. The van der Waals surface area contributed by atoms with Crippen molar-refractivity contribution in [1.29, 1.82) is 0 Å². The molecule has 4 nitrogen and oxygen atoms in total. The maximum atomic E-state index is 11.3. The van der Waals surface area contributed by atoms with E-state index in [2.05, 4.69) is 0 Å². The zero-order valence-electron chi connectivity index (χ0n) is 9.85. The van der Waals surface area contributed by atoms with Crippen LogP contribution in [0.2, 0.25) is 0 Å². The Morgan fingerprint density at radius 3 is 2.71 bits per heavy atom. The van der Waals surface area contributed by atoms with E-state index in [1.54, 1.807) is 6.92 Å². The van der Waals surface area contributed by atoms with E-state index in [1.165, 1.54) is 0 Å². The first-order chi connectivity index (χ1) is 8.28. The lowest BCUT2D eigenvalue weighted by Gasteiger charge is -2.05. The molecule has 0 amide bonds. The first-order valence-corrected chi connectivity index (χ1v) is 5.77. The Labute approximate surface area is 100 Å². The molecule has 2 rings (SSSR count). The van der Waals surface area contributed by atoms with E-state index >= 15 is 0 Å². The molecule has 1 unspecified atom stereocenters. The molecule has 0 saturated carbocycles. The molecule has 4 heteroatoms. The molecule has 0 bridgehead atoms. The predicted octanol–water partition coefficient (Wildman–Crippen LogP) is 1.57. The number of carbonyl (C=O) groups is 1. The summed E-state index contributed by atoms with van der Waals surface area (Å²) in [5.74, 6) is 0.598. The highest BCUT2D eigenvalue weighted by Gasteiger charge is 2.22. The van der Waals surface area contributed by atoms with Crippen molar-refractivity contribution in [3.63, 3.8) is 0 Å². The van der Waals surface area contributed by atoms with Gasteiger partial charge in [0.2, 0.25) is 0 Å². The lowest BCUT2D eigenvalue weighted by Crippen LogP contribution is -2.07. The van der Waals surface area contributed by atoms with Gasteiger partial charge in [-0.15, -0.1) is 0 Å². The third-order valence-electron chi connectivity index (χ3n) is 2.42. The molecule has 0 N–H and O–H groups in total. The fourth-order valence-corrected chi connectivity index (χ4v) is 1.44. The van der Waals surface area contributed by atoms with Gasteiger partial charge in [0, 0.05) is 0 Å². The molecule has 92 valence electrons. The van der Waals surface area contributed by atoms with Gasteiger partial charge in [0.05, 0.1) is 19.6 Å². The minimum atomic E-state index is -0.201. The lowest BCUT2D eigenvalue weighted by molar-refractivity contribution is -0.142. The van der Waals surface area contributed by atoms with Crippen LogP contribution in [0.3, 0.4) is 0 Å². The van der Waals surface area contributed by atoms with Gasteiger partial charge in [-0.3, -0.25) is 4.79 Å². The number of carbonyl (C=O) groups excluding carboxylic acids is 1. The van der Waals surface area contributed by atoms with E-state index in [0.717, 1.165) is 17.9 Å². The van der Waals surface area contributed by atoms with Crippen LogP contribution in [0.4, 0.5) is 0 Å². The minimum Gasteiger partial charge on any atom is -0.491 e. The summed E-state index contributed by atoms with van der Waals surface area (Å²) in [6.07, 6.45) is 0.564. The number of benzene rings is 1. The average Bonchev–Trinajstić information content (AvgIpc) is 3.12. The van der Waals surface area contributed by atoms with Crippen molar-refractivity contribution in [3.8, 4) is 5.75 Å². The lowest BCUT2D eigenvalue weighted by atomic mass is 10.1. The molecule has 0 radical (unpaired) electrons. The topological polar surface area (TPSA) is 48.1 Å². The van der Waals surface area contributed by atoms with E-state index < -0.39 is 0 Å². The summed E-state index contributed by atoms with van der Waals surface area (Å²) in [5.41, 5.74) is 0.929. The smallest absolute Gasteiger partial charge is 0.310 e. The normalized spacial score (nSPS) is 17.6. The number of esters is 1. The van der Waals surface area contributed by atoms with Gasteiger partial charge in [-0.25, -0.2) is 0 Å². The monoisotopic (exact) mass is 236 g/mol. The molecule has 17 heavy (non-hydrogen) atoms. The van der Waals surface area contributed by atoms with Crippen LogP contribution in [0.1, 0.15) is 12.5 Å². The molecule has 1 aliphatic rings. The maximum absolute atomic E-state index is 11.3. The molecule has 1 heterocycles. The summed E-state index contributed by atoms with van der Waals surface area (Å²) in [5, 5.41) is 0. The van der Waals surface area contributed by atoms with E-state index in [4.69, 9.17) is 14.2 Å². The highest BCUT2D eigenvalue weighted by Crippen LogP contribution is 2.16. The first-order valence-electron chi connectivity index (χ1n) is 5.77. The molecule has 1 aliphatic heterocycles. The Morgan fingerprint density at radius 1 is 1.41 bits per heavy atom. The van der Waals surface area contributed by atoms with Gasteiger partial charge >= 0.3 is 5.97 Å². The van der Waals surface area contributed by atoms with E-state index in [9.17, 15) is 4.79 Å². The van der Waals surface area contributed by atoms with Crippen LogP contribution in [0, 0.1) is 0 Å². The SMILES string of the molecule is CCOC(=O)Cc1ccc(OCC2CO2)cc1. The van der Waals surface area contributed by atoms with Crippen LogP contribution in [0.25, 0.3) is 0 Å². The van der Waals surface area contributed by atoms with E-state index in [1.807, 2.05) is 24.3 Å². The average molecular weight is 236 g/mol. The van der Waals surface area contributed by atoms with Crippen LogP contribution in [0.5, 0.6) is 5.75 Å². The zero-order valence-corrected chi connectivity index (χ0v) is 9.85. The standard InChI is InChI=1S/C13H16O4/c1-2-15-13(14)7-10-3-5-11(6-4-10)16-8-12-9-17-12/h3-6,12H,2,7-9H2,1H3. The van der Waals surface area contributed by atoms with E-state index in [0.29, 0.717) is 19.6 Å². The van der Waals surface area contributed by atoms with Gasteiger partial charge in [-0.05, 0) is 24.6 Å². The van der Waals surface area contributed by atoms with Crippen molar-refractivity contribution in [2.24, 2.45) is 0 Å². The number of rotatable bonds is 6. The van der Waals surface area contributed by atoms with Gasteiger partial charge in [-0.2, -0.15) is 0 Å². The molecule has 0 aromatic heterocycles. The second-order valence-corrected chi connectivity index (χ2v) is 3.89. The van der Waals surface area contributed by atoms with Crippen LogP contribution in [0.15, 0.2) is 24.3 Å². The number of hydrogen-bond acceptors (Lipinski definition) is 4. The predicted molar refractivity (Wildman–Crippen MR) is 62.0 cm³/mol. The second kappa shape index (κ2) is 5.68. The molecule has 0 aliphatic carbocycles. The van der Waals surface area contributed by atoms with Crippen molar-refractivity contribution < 1.29 is 19.0 Å². The summed E-state index contributed by atoms with van der Waals surface area (Å²) in [4.78, 5) is 11.3. The Hall–Kier alpha value is -1.55. The summed E-state index contributed by atoms with van der Waals surface area (Å²) in [6.45, 7) is 3.61. The van der Waals surface area contributed by atoms with Gasteiger partial charge in [0.15, 0.2) is 0 Å². The Balaban J connectivity index is 1.81. The molecular weight excluding hydrogens is 220 g/mol. The van der Waals surface area contributed by atoms with Gasteiger partial charge in [0.25, 0.3) is 0 Å². The van der Waals surface area contributed by atoms with Crippen molar-refractivity contribution in [2.45, 2.75) is 19.4 Å². The summed E-state index contributed by atoms with van der Waals surface area (Å²) >= 11 is 0. The van der Waals surface area contributed by atoms with Gasteiger partial charge in [0.1, 0.15) is 18.5 Å². The molecule has 1 atom stereocenters. The largest absolute Gasteiger partial charge is 0.491 e. The number of hydrogen-bond donors (Lipinski definition) is 0. The van der Waals surface area contributed by atoms with Crippen molar-refractivity contribution in [1.82, 2.24) is 0 Å². The summed E-state index contributed by atoms with van der Waals surface area (Å²) in [7, 11) is 0. The highest BCUT2D eigenvalue weighted by molar-refractivity contribution is 5.72. The van der Waals surface area contributed by atoms with Gasteiger partial charge in [-0.1, -0.05) is 12.1 Å². The molecule has 1 aromatic carbocycles. The van der Waals surface area contributed by atoms with Crippen LogP contribution in [-0.4, -0.2) is 31.9 Å². The van der Waals surface area contributed by atoms with Crippen molar-refractivity contribution >= 4 is 5.97 Å². The third-order valence-corrected chi connectivity index (χ3v) is 2.42. The van der Waals surface area contributed by atoms with Crippen molar-refractivity contribution in [3.05, 3.63) is 29.8 Å². The summed E-state index contributed by atoms with van der Waals surface area (Å²) in [6, 6.07) is 7.47. The fraction of sp³-hybridized carbons (Fsp3) is 0.462. The van der Waals surface area contributed by atoms with Crippen LogP contribution >= 0.6 is 0 Å². The fourth-order valence-electron chi connectivity index (χ4n) is 1.44. The Kier molecular flexibility index (Phi) is 3.98. The van der Waals surface area contributed by atoms with Crippen LogP contribution < -0.4 is 4.74 Å². The Morgan fingerprint density at radius 2 is 2.12 bits per heavy atom. The summed E-state index contributed by atoms with van der Waals surface area (Å²) < 4.78 is 15.4. The van der Waals surface area contributed by atoms with Gasteiger partial charge < -0.3 is 14.2 Å². The molecule has 1 saturated heterocycles. The number of epoxide rings is 1. The van der Waals surface area contributed by atoms with E-state index in [-0.39, 0.29) is 12.1 Å². The van der Waals surface area contributed by atoms with Crippen molar-refractivity contribution in [2.75, 3.05) is 19.8 Å². The molecule has 1 fully saturated rings. The van der Waals surface area contributed by atoms with Crippen LogP contribution in [-0.2, 0) is 20.7 Å². The zero-order chi connectivity index (χ0) is 12.1. The Bertz CT molecular complexity index is 368.